The summed E-state index contributed by atoms with van der Waals surface area (Å²) in [6.07, 6.45) is 8.39. The van der Waals surface area contributed by atoms with Crippen molar-refractivity contribution in [3.05, 3.63) is 59.4 Å². The summed E-state index contributed by atoms with van der Waals surface area (Å²) in [4.78, 5) is 16.7. The molecular weight excluding hydrogens is 380 g/mol. The van der Waals surface area contributed by atoms with Crippen molar-refractivity contribution in [2.24, 2.45) is 0 Å². The van der Waals surface area contributed by atoms with Crippen molar-refractivity contribution in [3.8, 4) is 0 Å². The van der Waals surface area contributed by atoms with Gasteiger partial charge in [-0.3, -0.25) is 9.38 Å². The molecule has 0 saturated heterocycles. The van der Waals surface area contributed by atoms with Crippen LogP contribution in [0.15, 0.2) is 48.1 Å². The van der Waals surface area contributed by atoms with Gasteiger partial charge in [-0.25, -0.2) is 9.97 Å². The molecule has 2 N–H and O–H groups in total. The number of nitrogens with one attached hydrogen (secondary N) is 2. The normalized spacial score (nSPS) is 11.3. The number of anilines is 1. The zero-order valence-corrected chi connectivity index (χ0v) is 15.3. The van der Waals surface area contributed by atoms with Gasteiger partial charge in [0.2, 0.25) is 0 Å². The smallest absolute Gasteiger partial charge is 0.180 e. The first kappa shape index (κ1) is 15.8. The van der Waals surface area contributed by atoms with Crippen LogP contribution in [0.25, 0.3) is 22.3 Å². The topological polar surface area (TPSA) is 70.9 Å². The standard InChI is InChI=1S/C18H17BrN6/c1-11(2)14-9-23-18-17(24-15(19)10-25(14)18)21-7-5-12-8-22-13-4-3-6-20-16(12)13/h3-4,6,8-10,22H,1,5,7H2,2H3,(H,21,24). The first-order chi connectivity index (χ1) is 12.1. The lowest BCUT2D eigenvalue weighted by atomic mass is 10.2. The van der Waals surface area contributed by atoms with E-state index in [2.05, 4.69) is 47.8 Å². The first-order valence-corrected chi connectivity index (χ1v) is 8.77. The Bertz CT molecular complexity index is 1080. The molecule has 0 amide bonds. The highest BCUT2D eigenvalue weighted by Gasteiger charge is 2.11. The molecule has 4 heterocycles. The number of imidazole rings is 1. The first-order valence-electron chi connectivity index (χ1n) is 7.98. The molecule has 0 fully saturated rings. The molecule has 0 aliphatic rings. The van der Waals surface area contributed by atoms with E-state index >= 15 is 0 Å². The Morgan fingerprint density at radius 3 is 3.12 bits per heavy atom. The molecule has 126 valence electrons. The molecule has 6 nitrogen and oxygen atoms in total. The summed E-state index contributed by atoms with van der Waals surface area (Å²) in [5.41, 5.74) is 5.98. The number of aromatic amines is 1. The van der Waals surface area contributed by atoms with Gasteiger partial charge in [0.05, 0.1) is 22.9 Å². The molecule has 0 bridgehead atoms. The van der Waals surface area contributed by atoms with Crippen molar-refractivity contribution in [3.63, 3.8) is 0 Å². The van der Waals surface area contributed by atoms with Crippen LogP contribution in [0, 0.1) is 0 Å². The molecule has 4 rings (SSSR count). The average molecular weight is 397 g/mol. The van der Waals surface area contributed by atoms with E-state index in [0.29, 0.717) is 0 Å². The molecule has 4 aromatic heterocycles. The van der Waals surface area contributed by atoms with E-state index in [4.69, 9.17) is 0 Å². The van der Waals surface area contributed by atoms with E-state index < -0.39 is 0 Å². The van der Waals surface area contributed by atoms with Gasteiger partial charge in [-0.1, -0.05) is 6.58 Å². The van der Waals surface area contributed by atoms with Gasteiger partial charge in [0.25, 0.3) is 0 Å². The highest BCUT2D eigenvalue weighted by Crippen LogP contribution is 2.22. The molecule has 0 unspecified atom stereocenters. The number of hydrogen-bond acceptors (Lipinski definition) is 4. The van der Waals surface area contributed by atoms with Crippen LogP contribution >= 0.6 is 15.9 Å². The highest BCUT2D eigenvalue weighted by molar-refractivity contribution is 9.10. The van der Waals surface area contributed by atoms with Crippen LogP contribution in [0.1, 0.15) is 18.2 Å². The fourth-order valence-electron chi connectivity index (χ4n) is 2.91. The van der Waals surface area contributed by atoms with E-state index in [0.717, 1.165) is 51.3 Å². The van der Waals surface area contributed by atoms with E-state index in [1.54, 1.807) is 0 Å². The summed E-state index contributed by atoms with van der Waals surface area (Å²) in [5, 5.41) is 3.39. The number of aromatic nitrogens is 5. The molecule has 0 spiro atoms. The molecular formula is C18H17BrN6. The Morgan fingerprint density at radius 1 is 1.40 bits per heavy atom. The van der Waals surface area contributed by atoms with Gasteiger partial charge < -0.3 is 10.3 Å². The maximum absolute atomic E-state index is 4.52. The molecule has 0 saturated carbocycles. The lowest BCUT2D eigenvalue weighted by Gasteiger charge is -2.08. The summed E-state index contributed by atoms with van der Waals surface area (Å²) in [5.74, 6) is 0.745. The van der Waals surface area contributed by atoms with Crippen LogP contribution in [0.2, 0.25) is 0 Å². The zero-order chi connectivity index (χ0) is 17.4. The number of halogens is 1. The number of fused-ring (bicyclic) bond motifs is 2. The summed E-state index contributed by atoms with van der Waals surface area (Å²) < 4.78 is 2.74. The van der Waals surface area contributed by atoms with Gasteiger partial charge in [0, 0.05) is 25.1 Å². The quantitative estimate of drug-likeness (QED) is 0.533. The molecule has 7 heteroatoms. The number of hydrogen-bond donors (Lipinski definition) is 2. The zero-order valence-electron chi connectivity index (χ0n) is 13.8. The number of pyridine rings is 1. The Morgan fingerprint density at radius 2 is 2.28 bits per heavy atom. The van der Waals surface area contributed by atoms with Crippen LogP contribution in [0.4, 0.5) is 5.82 Å². The van der Waals surface area contributed by atoms with Crippen molar-refractivity contribution in [1.29, 1.82) is 0 Å². The van der Waals surface area contributed by atoms with Crippen LogP contribution < -0.4 is 5.32 Å². The predicted octanol–water partition coefficient (Wildman–Crippen LogP) is 4.06. The van der Waals surface area contributed by atoms with E-state index in [9.17, 15) is 0 Å². The third kappa shape index (κ3) is 2.91. The minimum absolute atomic E-state index is 0.734. The molecule has 0 aromatic carbocycles. The lowest BCUT2D eigenvalue weighted by molar-refractivity contribution is 0.994. The summed E-state index contributed by atoms with van der Waals surface area (Å²) >= 11 is 3.47. The van der Waals surface area contributed by atoms with Crippen LogP contribution in [0.5, 0.6) is 0 Å². The SMILES string of the molecule is C=C(C)c1cnc2c(NCCc3c[nH]c4cccnc34)nc(Br)cn12. The molecule has 0 atom stereocenters. The summed E-state index contributed by atoms with van der Waals surface area (Å²) in [6, 6.07) is 3.96. The molecule has 25 heavy (non-hydrogen) atoms. The Balaban J connectivity index is 1.58. The van der Waals surface area contributed by atoms with Crippen LogP contribution in [-0.2, 0) is 6.42 Å². The highest BCUT2D eigenvalue weighted by atomic mass is 79.9. The van der Waals surface area contributed by atoms with Gasteiger partial charge in [-0.2, -0.15) is 0 Å². The van der Waals surface area contributed by atoms with Gasteiger partial charge in [0.15, 0.2) is 11.5 Å². The van der Waals surface area contributed by atoms with Crippen molar-refractivity contribution in [2.75, 3.05) is 11.9 Å². The number of H-pyrrole nitrogens is 1. The summed E-state index contributed by atoms with van der Waals surface area (Å²) in [7, 11) is 0. The monoisotopic (exact) mass is 396 g/mol. The molecule has 0 aliphatic heterocycles. The maximum atomic E-state index is 4.52. The van der Waals surface area contributed by atoms with Crippen molar-refractivity contribution >= 4 is 44.0 Å². The third-order valence-corrected chi connectivity index (χ3v) is 4.48. The molecule has 4 aromatic rings. The fourth-order valence-corrected chi connectivity index (χ4v) is 3.29. The number of allylic oxidation sites excluding steroid dienone is 1. The Hall–Kier alpha value is -2.67. The second-order valence-corrected chi connectivity index (χ2v) is 6.73. The number of nitrogens with zero attached hydrogens (tertiary/aromatic N) is 4. The largest absolute Gasteiger partial charge is 0.367 e. The minimum Gasteiger partial charge on any atom is -0.367 e. The van der Waals surface area contributed by atoms with Gasteiger partial charge >= 0.3 is 0 Å². The van der Waals surface area contributed by atoms with E-state index in [1.165, 1.54) is 5.56 Å². The van der Waals surface area contributed by atoms with Crippen molar-refractivity contribution < 1.29 is 0 Å². The van der Waals surface area contributed by atoms with E-state index in [-0.39, 0.29) is 0 Å². The maximum Gasteiger partial charge on any atom is 0.180 e. The molecule has 0 aliphatic carbocycles. The second kappa shape index (κ2) is 6.33. The van der Waals surface area contributed by atoms with Crippen LogP contribution in [0.3, 0.4) is 0 Å². The van der Waals surface area contributed by atoms with Gasteiger partial charge in [-0.15, -0.1) is 0 Å². The Kier molecular flexibility index (Phi) is 4.01. The molecule has 0 radical (unpaired) electrons. The van der Waals surface area contributed by atoms with Crippen molar-refractivity contribution in [2.45, 2.75) is 13.3 Å². The summed E-state index contributed by atoms with van der Waals surface area (Å²) in [6.45, 7) is 6.71. The van der Waals surface area contributed by atoms with Crippen molar-refractivity contribution in [1.82, 2.24) is 24.3 Å². The average Bonchev–Trinajstić information content (AvgIpc) is 3.19. The third-order valence-electron chi connectivity index (χ3n) is 4.10. The van der Waals surface area contributed by atoms with Gasteiger partial charge in [0.1, 0.15) is 4.60 Å². The second-order valence-electron chi connectivity index (χ2n) is 5.92. The van der Waals surface area contributed by atoms with E-state index in [1.807, 2.05) is 48.2 Å². The number of rotatable bonds is 5. The predicted molar refractivity (Wildman–Crippen MR) is 104 cm³/mol. The lowest BCUT2D eigenvalue weighted by Crippen LogP contribution is -2.08. The minimum atomic E-state index is 0.734. The van der Waals surface area contributed by atoms with Gasteiger partial charge in [-0.05, 0) is 52.5 Å². The fraction of sp³-hybridized carbons (Fsp3) is 0.167. The van der Waals surface area contributed by atoms with Crippen LogP contribution in [-0.4, -0.2) is 30.9 Å². The Labute approximate surface area is 153 Å².